The average Bonchev–Trinajstić information content (AvgIpc) is 2.98. The molecule has 0 aliphatic heterocycles. The molecule has 2 aromatic rings. The summed E-state index contributed by atoms with van der Waals surface area (Å²) in [6, 6.07) is 19.8. The zero-order valence-electron chi connectivity index (χ0n) is 11.8. The van der Waals surface area contributed by atoms with E-state index in [1.807, 2.05) is 60.7 Å². The van der Waals surface area contributed by atoms with Crippen LogP contribution in [-0.4, -0.2) is 5.78 Å². The van der Waals surface area contributed by atoms with Crippen LogP contribution in [0.5, 0.6) is 0 Å². The Kier molecular flexibility index (Phi) is 3.58. The number of ketones is 1. The van der Waals surface area contributed by atoms with Crippen LogP contribution in [0.1, 0.15) is 30.4 Å². The molecule has 0 heterocycles. The minimum atomic E-state index is -0.741. The first-order valence-electron chi connectivity index (χ1n) is 7.28. The Balaban J connectivity index is 2.19. The highest BCUT2D eigenvalue weighted by molar-refractivity contribution is 5.81. The molecule has 1 fully saturated rings. The molecule has 2 heteroatoms. The van der Waals surface area contributed by atoms with Gasteiger partial charge in [-0.15, -0.1) is 0 Å². The molecule has 0 amide bonds. The first-order valence-corrected chi connectivity index (χ1v) is 7.28. The summed E-state index contributed by atoms with van der Waals surface area (Å²) in [5.74, 6) is 0.340. The van der Waals surface area contributed by atoms with Gasteiger partial charge in [-0.3, -0.25) is 9.64 Å². The molecule has 1 unspecified atom stereocenters. The second kappa shape index (κ2) is 5.54. The Morgan fingerprint density at radius 1 is 0.952 bits per heavy atom. The van der Waals surface area contributed by atoms with Crippen LogP contribution in [0.25, 0.3) is 4.85 Å². The summed E-state index contributed by atoms with van der Waals surface area (Å²) in [6.07, 6.45) is 1.90. The first kappa shape index (κ1) is 13.6. The van der Waals surface area contributed by atoms with Crippen LogP contribution < -0.4 is 0 Å². The Hall–Kier alpha value is -2.40. The Morgan fingerprint density at radius 2 is 1.48 bits per heavy atom. The van der Waals surface area contributed by atoms with Gasteiger partial charge in [-0.25, -0.2) is 6.57 Å². The summed E-state index contributed by atoms with van der Waals surface area (Å²) in [5, 5.41) is 0. The van der Waals surface area contributed by atoms with Crippen LogP contribution in [-0.2, 0) is 10.3 Å². The summed E-state index contributed by atoms with van der Waals surface area (Å²) >= 11 is 0. The van der Waals surface area contributed by atoms with Gasteiger partial charge in [-0.05, 0) is 6.42 Å². The molecule has 104 valence electrons. The second-order valence-corrected chi connectivity index (χ2v) is 5.59. The monoisotopic (exact) mass is 275 g/mol. The van der Waals surface area contributed by atoms with Crippen LogP contribution in [0.15, 0.2) is 60.7 Å². The van der Waals surface area contributed by atoms with E-state index in [2.05, 4.69) is 4.85 Å². The highest BCUT2D eigenvalue weighted by Gasteiger charge is 2.51. The van der Waals surface area contributed by atoms with Crippen molar-refractivity contribution in [2.45, 2.75) is 24.8 Å². The highest BCUT2D eigenvalue weighted by Crippen LogP contribution is 2.47. The maximum Gasteiger partial charge on any atom is 0.285 e. The van der Waals surface area contributed by atoms with E-state index < -0.39 is 5.54 Å². The molecular formula is C19H17NO. The average molecular weight is 275 g/mol. The van der Waals surface area contributed by atoms with Crippen LogP contribution in [0, 0.1) is 12.5 Å². The SMILES string of the molecule is [C-]#[N+]C(c1ccccc1)(c1ccccc1)C1CCC(=O)C1. The minimum absolute atomic E-state index is 0.0623. The number of hydrogen-bond donors (Lipinski definition) is 0. The van der Waals surface area contributed by atoms with E-state index in [9.17, 15) is 4.79 Å². The molecule has 21 heavy (non-hydrogen) atoms. The van der Waals surface area contributed by atoms with E-state index in [4.69, 9.17) is 6.57 Å². The lowest BCUT2D eigenvalue weighted by molar-refractivity contribution is -0.117. The van der Waals surface area contributed by atoms with Crippen LogP contribution in [0.3, 0.4) is 0 Å². The Bertz CT molecular complexity index is 630. The predicted octanol–water partition coefficient (Wildman–Crippen LogP) is 4.22. The molecule has 2 aromatic carbocycles. The highest BCUT2D eigenvalue weighted by atomic mass is 16.1. The molecule has 1 aliphatic carbocycles. The van der Waals surface area contributed by atoms with E-state index in [0.717, 1.165) is 17.5 Å². The fourth-order valence-electron chi connectivity index (χ4n) is 3.41. The molecule has 0 spiro atoms. The number of nitrogens with zero attached hydrogens (tertiary/aromatic N) is 1. The third-order valence-corrected chi connectivity index (χ3v) is 4.44. The predicted molar refractivity (Wildman–Crippen MR) is 82.6 cm³/mol. The smallest absolute Gasteiger partial charge is 0.285 e. The van der Waals surface area contributed by atoms with Gasteiger partial charge in [0, 0.05) is 24.0 Å². The van der Waals surface area contributed by atoms with Crippen molar-refractivity contribution in [2.75, 3.05) is 0 Å². The standard InChI is InChI=1S/C19H17NO/c1-20-19(15-8-4-2-5-9-15,16-10-6-3-7-11-16)17-12-13-18(21)14-17/h2-11,17H,12-14H2. The van der Waals surface area contributed by atoms with Crippen LogP contribution in [0.2, 0.25) is 0 Å². The fraction of sp³-hybridized carbons (Fsp3) is 0.263. The van der Waals surface area contributed by atoms with E-state index >= 15 is 0 Å². The lowest BCUT2D eigenvalue weighted by Crippen LogP contribution is -2.32. The van der Waals surface area contributed by atoms with E-state index in [0.29, 0.717) is 12.8 Å². The van der Waals surface area contributed by atoms with Gasteiger partial charge in [0.25, 0.3) is 5.54 Å². The molecule has 1 atom stereocenters. The zero-order valence-corrected chi connectivity index (χ0v) is 11.8. The number of carbonyl (C=O) groups is 1. The van der Waals surface area contributed by atoms with E-state index in [-0.39, 0.29) is 11.7 Å². The van der Waals surface area contributed by atoms with Gasteiger partial charge < -0.3 is 0 Å². The summed E-state index contributed by atoms with van der Waals surface area (Å²) in [4.78, 5) is 15.9. The van der Waals surface area contributed by atoms with Crippen molar-refractivity contribution in [3.8, 4) is 0 Å². The molecule has 3 rings (SSSR count). The van der Waals surface area contributed by atoms with E-state index in [1.54, 1.807) is 0 Å². The fourth-order valence-corrected chi connectivity index (χ4v) is 3.41. The normalized spacial score (nSPS) is 18.4. The number of Topliss-reactive ketones (excluding diaryl/α,β-unsaturated/α-hetero) is 1. The molecule has 0 saturated heterocycles. The van der Waals surface area contributed by atoms with Gasteiger partial charge in [0.2, 0.25) is 0 Å². The number of benzene rings is 2. The molecular weight excluding hydrogens is 258 g/mol. The van der Waals surface area contributed by atoms with Crippen molar-refractivity contribution in [1.29, 1.82) is 0 Å². The first-order chi connectivity index (χ1) is 10.3. The topological polar surface area (TPSA) is 21.4 Å². The molecule has 1 saturated carbocycles. The van der Waals surface area contributed by atoms with Crippen molar-refractivity contribution in [3.05, 3.63) is 83.2 Å². The van der Waals surface area contributed by atoms with E-state index in [1.165, 1.54) is 0 Å². The molecule has 1 aliphatic rings. The third-order valence-electron chi connectivity index (χ3n) is 4.44. The molecule has 2 nitrogen and oxygen atoms in total. The van der Waals surface area contributed by atoms with Crippen molar-refractivity contribution in [2.24, 2.45) is 5.92 Å². The van der Waals surface area contributed by atoms with Crippen LogP contribution in [0.4, 0.5) is 0 Å². The number of hydrogen-bond acceptors (Lipinski definition) is 1. The quantitative estimate of drug-likeness (QED) is 0.768. The van der Waals surface area contributed by atoms with Gasteiger partial charge in [-0.2, -0.15) is 0 Å². The summed E-state index contributed by atoms with van der Waals surface area (Å²) in [7, 11) is 0. The number of rotatable bonds is 3. The molecule has 0 bridgehead atoms. The largest absolute Gasteiger partial charge is 0.300 e. The van der Waals surface area contributed by atoms with Gasteiger partial charge in [0.1, 0.15) is 5.78 Å². The summed E-state index contributed by atoms with van der Waals surface area (Å²) < 4.78 is 0. The molecule has 0 radical (unpaired) electrons. The van der Waals surface area contributed by atoms with Crippen LogP contribution >= 0.6 is 0 Å². The third kappa shape index (κ3) is 2.25. The van der Waals surface area contributed by atoms with Crippen molar-refractivity contribution in [3.63, 3.8) is 0 Å². The number of carbonyl (C=O) groups excluding carboxylic acids is 1. The minimum Gasteiger partial charge on any atom is -0.300 e. The maximum atomic E-state index is 11.8. The Labute approximate surface area is 125 Å². The maximum absolute atomic E-state index is 11.8. The van der Waals surface area contributed by atoms with Crippen molar-refractivity contribution >= 4 is 5.78 Å². The van der Waals surface area contributed by atoms with Gasteiger partial charge in [0.05, 0.1) is 5.92 Å². The lowest BCUT2D eigenvalue weighted by Gasteiger charge is -2.28. The summed E-state index contributed by atoms with van der Waals surface area (Å²) in [6.45, 7) is 7.93. The van der Waals surface area contributed by atoms with Crippen molar-refractivity contribution in [1.82, 2.24) is 0 Å². The second-order valence-electron chi connectivity index (χ2n) is 5.59. The zero-order chi connectivity index (χ0) is 14.7. The molecule has 0 N–H and O–H groups in total. The van der Waals surface area contributed by atoms with Gasteiger partial charge in [0.15, 0.2) is 0 Å². The Morgan fingerprint density at radius 3 is 1.86 bits per heavy atom. The van der Waals surface area contributed by atoms with Gasteiger partial charge in [-0.1, -0.05) is 60.7 Å². The van der Waals surface area contributed by atoms with Crippen molar-refractivity contribution < 1.29 is 4.79 Å². The summed E-state index contributed by atoms with van der Waals surface area (Å²) in [5.41, 5.74) is 1.24. The lowest BCUT2D eigenvalue weighted by atomic mass is 9.73. The molecule has 0 aromatic heterocycles. The van der Waals surface area contributed by atoms with Gasteiger partial charge >= 0.3 is 0 Å².